The van der Waals surface area contributed by atoms with E-state index >= 15 is 0 Å². The zero-order chi connectivity index (χ0) is 14.9. The van der Waals surface area contributed by atoms with E-state index in [1.807, 2.05) is 0 Å². The zero-order valence-corrected chi connectivity index (χ0v) is 13.3. The molecule has 2 fully saturated rings. The van der Waals surface area contributed by atoms with E-state index < -0.39 is 0 Å². The van der Waals surface area contributed by atoms with Gasteiger partial charge in [-0.3, -0.25) is 9.59 Å². The van der Waals surface area contributed by atoms with Crippen molar-refractivity contribution in [1.29, 1.82) is 0 Å². The van der Waals surface area contributed by atoms with Crippen molar-refractivity contribution in [3.8, 4) is 0 Å². The van der Waals surface area contributed by atoms with Crippen molar-refractivity contribution in [3.05, 3.63) is 0 Å². The van der Waals surface area contributed by atoms with Gasteiger partial charge in [0.25, 0.3) is 0 Å². The van der Waals surface area contributed by atoms with Crippen LogP contribution in [0.15, 0.2) is 0 Å². The second-order valence-corrected chi connectivity index (χ2v) is 6.82. The molecule has 2 rings (SSSR count). The Morgan fingerprint density at radius 2 is 0.810 bits per heavy atom. The summed E-state index contributed by atoms with van der Waals surface area (Å²) in [4.78, 5) is 24.5. The molecule has 0 bridgehead atoms. The Balaban J connectivity index is 1.80. The van der Waals surface area contributed by atoms with Crippen molar-refractivity contribution < 1.29 is 14.3 Å². The maximum Gasteiger partial charge on any atom is 0.316 e. The molecule has 0 aromatic carbocycles. The Morgan fingerprint density at radius 1 is 0.524 bits per heavy atom. The first-order valence-corrected chi connectivity index (χ1v) is 9.03. The molecule has 0 spiro atoms. The number of hydrogen-bond donors (Lipinski definition) is 0. The number of esters is 2. The molecule has 0 saturated heterocycles. The largest absolute Gasteiger partial charge is 0.393 e. The first-order valence-electron chi connectivity index (χ1n) is 9.03. The fourth-order valence-corrected chi connectivity index (χ4v) is 3.65. The van der Waals surface area contributed by atoms with Gasteiger partial charge in [-0.1, -0.05) is 64.2 Å². The van der Waals surface area contributed by atoms with Crippen molar-refractivity contribution in [1.82, 2.24) is 0 Å². The van der Waals surface area contributed by atoms with Crippen LogP contribution in [0.4, 0.5) is 0 Å². The van der Waals surface area contributed by atoms with Crippen molar-refractivity contribution >= 4 is 11.9 Å². The van der Waals surface area contributed by atoms with E-state index in [0.717, 1.165) is 51.4 Å². The Hall–Kier alpha value is -0.860. The molecule has 0 atom stereocenters. The molecule has 0 radical (unpaired) electrons. The van der Waals surface area contributed by atoms with E-state index in [9.17, 15) is 9.59 Å². The quantitative estimate of drug-likeness (QED) is 0.544. The highest BCUT2D eigenvalue weighted by Gasteiger charge is 2.27. The first kappa shape index (κ1) is 16.5. The molecular formula is C18H30O3. The summed E-state index contributed by atoms with van der Waals surface area (Å²) in [7, 11) is 0. The Bertz CT molecular complexity index is 289. The van der Waals surface area contributed by atoms with E-state index in [1.54, 1.807) is 0 Å². The summed E-state index contributed by atoms with van der Waals surface area (Å²) in [5, 5.41) is 0. The maximum atomic E-state index is 12.2. The smallest absolute Gasteiger partial charge is 0.316 e. The predicted octanol–water partition coefficient (Wildman–Crippen LogP) is 4.78. The number of carbonyl (C=O) groups excluding carboxylic acids is 2. The predicted molar refractivity (Wildman–Crippen MR) is 82.7 cm³/mol. The van der Waals surface area contributed by atoms with Crippen molar-refractivity contribution in [2.75, 3.05) is 0 Å². The molecule has 0 N–H and O–H groups in total. The van der Waals surface area contributed by atoms with Gasteiger partial charge in [-0.2, -0.15) is 0 Å². The molecule has 21 heavy (non-hydrogen) atoms. The molecule has 0 amide bonds. The van der Waals surface area contributed by atoms with Crippen LogP contribution < -0.4 is 0 Å². The summed E-state index contributed by atoms with van der Waals surface area (Å²) in [5.74, 6) is -0.571. The topological polar surface area (TPSA) is 43.4 Å². The number of ether oxygens (including phenoxy) is 1. The first-order chi connectivity index (χ1) is 10.3. The van der Waals surface area contributed by atoms with Gasteiger partial charge >= 0.3 is 11.9 Å². The van der Waals surface area contributed by atoms with Crippen LogP contribution in [0.1, 0.15) is 89.9 Å². The van der Waals surface area contributed by atoms with E-state index in [2.05, 4.69) is 0 Å². The molecule has 0 heterocycles. The Labute approximate surface area is 128 Å². The average Bonchev–Trinajstić information content (AvgIpc) is 2.37. The molecule has 120 valence electrons. The summed E-state index contributed by atoms with van der Waals surface area (Å²) >= 11 is 0. The lowest BCUT2D eigenvalue weighted by Gasteiger charge is -2.21. The van der Waals surface area contributed by atoms with Gasteiger partial charge in [0.2, 0.25) is 0 Å². The van der Waals surface area contributed by atoms with Crippen molar-refractivity contribution in [2.45, 2.75) is 89.9 Å². The normalized spacial score (nSPS) is 23.4. The lowest BCUT2D eigenvalue weighted by molar-refractivity contribution is -0.166. The third kappa shape index (κ3) is 5.80. The minimum atomic E-state index is -0.246. The van der Waals surface area contributed by atoms with E-state index in [4.69, 9.17) is 4.74 Å². The number of carbonyl (C=O) groups is 2. The summed E-state index contributed by atoms with van der Waals surface area (Å²) in [5.41, 5.74) is 0. The second-order valence-electron chi connectivity index (χ2n) is 6.82. The molecule has 0 aromatic rings. The fraction of sp³-hybridized carbons (Fsp3) is 0.889. The minimum absolute atomic E-state index is 0.0391. The summed E-state index contributed by atoms with van der Waals surface area (Å²) in [6, 6.07) is 0. The van der Waals surface area contributed by atoms with Gasteiger partial charge in [0.1, 0.15) is 0 Å². The van der Waals surface area contributed by atoms with Crippen LogP contribution in [-0.2, 0) is 14.3 Å². The summed E-state index contributed by atoms with van der Waals surface area (Å²) in [6.45, 7) is 0. The molecule has 2 aliphatic rings. The highest BCUT2D eigenvalue weighted by molar-refractivity contribution is 5.87. The highest BCUT2D eigenvalue weighted by Crippen LogP contribution is 2.26. The Morgan fingerprint density at radius 3 is 1.14 bits per heavy atom. The van der Waals surface area contributed by atoms with Crippen LogP contribution in [0, 0.1) is 11.8 Å². The van der Waals surface area contributed by atoms with Crippen LogP contribution in [-0.4, -0.2) is 11.9 Å². The molecular weight excluding hydrogens is 264 g/mol. The van der Waals surface area contributed by atoms with Crippen LogP contribution in [0.2, 0.25) is 0 Å². The van der Waals surface area contributed by atoms with E-state index in [0.29, 0.717) is 0 Å². The van der Waals surface area contributed by atoms with Crippen LogP contribution in [0.3, 0.4) is 0 Å². The van der Waals surface area contributed by atoms with Gasteiger partial charge < -0.3 is 4.74 Å². The number of hydrogen-bond acceptors (Lipinski definition) is 3. The minimum Gasteiger partial charge on any atom is -0.393 e. The van der Waals surface area contributed by atoms with E-state index in [1.165, 1.54) is 38.5 Å². The second kappa shape index (κ2) is 9.22. The summed E-state index contributed by atoms with van der Waals surface area (Å²) in [6.07, 6.45) is 15.4. The zero-order valence-electron chi connectivity index (χ0n) is 13.3. The van der Waals surface area contributed by atoms with Crippen LogP contribution in [0.5, 0.6) is 0 Å². The van der Waals surface area contributed by atoms with Crippen molar-refractivity contribution in [2.24, 2.45) is 11.8 Å². The van der Waals surface area contributed by atoms with Gasteiger partial charge in [0, 0.05) is 0 Å². The van der Waals surface area contributed by atoms with Gasteiger partial charge in [-0.05, 0) is 25.7 Å². The van der Waals surface area contributed by atoms with E-state index in [-0.39, 0.29) is 23.8 Å². The average molecular weight is 294 g/mol. The molecule has 3 heteroatoms. The number of rotatable bonds is 2. The van der Waals surface area contributed by atoms with Gasteiger partial charge in [0.15, 0.2) is 0 Å². The maximum absolute atomic E-state index is 12.2. The molecule has 2 saturated carbocycles. The molecule has 3 nitrogen and oxygen atoms in total. The third-order valence-corrected chi connectivity index (χ3v) is 5.08. The third-order valence-electron chi connectivity index (χ3n) is 5.08. The SMILES string of the molecule is O=C(OC(=O)C1CCCCCCC1)C1CCCCCCC1. The standard InChI is InChI=1S/C18H30O3/c19-17(15-11-7-3-1-4-8-12-15)21-18(20)16-13-9-5-2-6-10-14-16/h15-16H,1-14H2. The molecule has 0 unspecified atom stereocenters. The molecule has 2 aliphatic carbocycles. The highest BCUT2D eigenvalue weighted by atomic mass is 16.6. The van der Waals surface area contributed by atoms with Gasteiger partial charge in [0.05, 0.1) is 11.8 Å². The van der Waals surface area contributed by atoms with Crippen LogP contribution >= 0.6 is 0 Å². The monoisotopic (exact) mass is 294 g/mol. The lowest BCUT2D eigenvalue weighted by atomic mass is 9.90. The van der Waals surface area contributed by atoms with Crippen LogP contribution in [0.25, 0.3) is 0 Å². The van der Waals surface area contributed by atoms with Gasteiger partial charge in [-0.25, -0.2) is 0 Å². The molecule has 0 aliphatic heterocycles. The Kier molecular flexibility index (Phi) is 7.25. The van der Waals surface area contributed by atoms with Gasteiger partial charge in [-0.15, -0.1) is 0 Å². The molecule has 0 aromatic heterocycles. The fourth-order valence-electron chi connectivity index (χ4n) is 3.65. The lowest BCUT2D eigenvalue weighted by Crippen LogP contribution is -2.27. The van der Waals surface area contributed by atoms with Crippen molar-refractivity contribution in [3.63, 3.8) is 0 Å². The summed E-state index contributed by atoms with van der Waals surface area (Å²) < 4.78 is 5.24.